The summed E-state index contributed by atoms with van der Waals surface area (Å²) in [6.07, 6.45) is 8.58. The van der Waals surface area contributed by atoms with Gasteiger partial charge < -0.3 is 0 Å². The number of hydrogen-bond acceptors (Lipinski definition) is 4. The summed E-state index contributed by atoms with van der Waals surface area (Å²) in [5.41, 5.74) is 6.79. The van der Waals surface area contributed by atoms with Crippen LogP contribution in [0.3, 0.4) is 0 Å². The Labute approximate surface area is 173 Å². The van der Waals surface area contributed by atoms with Gasteiger partial charge in [0.1, 0.15) is 0 Å². The monoisotopic (exact) mass is 392 g/mol. The van der Waals surface area contributed by atoms with Gasteiger partial charge in [-0.1, -0.05) is 29.3 Å². The van der Waals surface area contributed by atoms with Crippen LogP contribution in [0.15, 0.2) is 34.6 Å². The Morgan fingerprint density at radius 2 is 1.90 bits per heavy atom. The highest BCUT2D eigenvalue weighted by Crippen LogP contribution is 2.31. The van der Waals surface area contributed by atoms with Gasteiger partial charge in [-0.05, 0) is 71.4 Å². The second-order valence-electron chi connectivity index (χ2n) is 8.61. The minimum atomic E-state index is 0.0730. The average Bonchev–Trinajstić information content (AvgIpc) is 2.71. The third-order valence-electron chi connectivity index (χ3n) is 6.32. The Kier molecular flexibility index (Phi) is 5.59. The summed E-state index contributed by atoms with van der Waals surface area (Å²) in [5.74, 6) is 0.762. The third kappa shape index (κ3) is 4.01. The number of benzene rings is 1. The summed E-state index contributed by atoms with van der Waals surface area (Å²) in [5, 5.41) is 0. The van der Waals surface area contributed by atoms with Crippen LogP contribution in [-0.2, 0) is 6.67 Å². The molecule has 1 aliphatic heterocycles. The second kappa shape index (κ2) is 8.15. The Morgan fingerprint density at radius 1 is 1.07 bits per heavy atom. The highest BCUT2D eigenvalue weighted by atomic mass is 16.1. The molecule has 0 saturated heterocycles. The number of aromatic nitrogens is 2. The second-order valence-corrected chi connectivity index (χ2v) is 8.61. The van der Waals surface area contributed by atoms with Crippen molar-refractivity contribution in [2.24, 2.45) is 0 Å². The Balaban J connectivity index is 1.69. The van der Waals surface area contributed by atoms with Gasteiger partial charge >= 0.3 is 0 Å². The summed E-state index contributed by atoms with van der Waals surface area (Å²) < 4.78 is 1.85. The molecular formula is C24H32N4O. The van der Waals surface area contributed by atoms with Gasteiger partial charge in [0.2, 0.25) is 5.95 Å². The molecule has 154 valence electrons. The maximum atomic E-state index is 13.1. The molecule has 0 amide bonds. The van der Waals surface area contributed by atoms with Gasteiger partial charge in [-0.3, -0.25) is 19.2 Å². The first kappa shape index (κ1) is 19.9. The minimum Gasteiger partial charge on any atom is -0.298 e. The number of rotatable bonds is 4. The molecule has 0 saturated carbocycles. The van der Waals surface area contributed by atoms with Crippen molar-refractivity contribution in [1.29, 1.82) is 0 Å². The first-order valence-corrected chi connectivity index (χ1v) is 10.8. The molecule has 0 spiro atoms. The predicted molar refractivity (Wildman–Crippen MR) is 119 cm³/mol. The van der Waals surface area contributed by atoms with Gasteiger partial charge in [-0.25, -0.2) is 4.98 Å². The van der Waals surface area contributed by atoms with E-state index in [1.54, 1.807) is 5.57 Å². The fourth-order valence-corrected chi connectivity index (χ4v) is 4.45. The Bertz CT molecular complexity index is 1000. The van der Waals surface area contributed by atoms with Crippen LogP contribution in [0.1, 0.15) is 54.5 Å². The van der Waals surface area contributed by atoms with E-state index < -0.39 is 0 Å². The summed E-state index contributed by atoms with van der Waals surface area (Å²) in [4.78, 5) is 22.5. The van der Waals surface area contributed by atoms with Crippen LogP contribution in [0.4, 0.5) is 11.6 Å². The van der Waals surface area contributed by atoms with E-state index in [9.17, 15) is 4.79 Å². The van der Waals surface area contributed by atoms with Gasteiger partial charge in [0.15, 0.2) is 0 Å². The van der Waals surface area contributed by atoms with Crippen molar-refractivity contribution in [2.75, 3.05) is 18.1 Å². The molecule has 2 aromatic rings. The topological polar surface area (TPSA) is 41.4 Å². The van der Waals surface area contributed by atoms with E-state index in [1.807, 2.05) is 18.4 Å². The highest BCUT2D eigenvalue weighted by Gasteiger charge is 2.28. The molecule has 2 aliphatic rings. The van der Waals surface area contributed by atoms with Crippen LogP contribution >= 0.6 is 0 Å². The molecule has 1 aliphatic carbocycles. The van der Waals surface area contributed by atoms with E-state index >= 15 is 0 Å². The number of aryl methyl sites for hydroxylation is 3. The number of allylic oxidation sites excluding steroid dienone is 1. The molecular weight excluding hydrogens is 360 g/mol. The van der Waals surface area contributed by atoms with Gasteiger partial charge in [-0.15, -0.1) is 0 Å². The van der Waals surface area contributed by atoms with E-state index in [1.165, 1.54) is 36.8 Å². The highest BCUT2D eigenvalue weighted by molar-refractivity contribution is 5.63. The molecule has 29 heavy (non-hydrogen) atoms. The molecule has 0 N–H and O–H groups in total. The zero-order valence-corrected chi connectivity index (χ0v) is 18.2. The van der Waals surface area contributed by atoms with Crippen molar-refractivity contribution >= 4 is 11.6 Å². The number of nitrogens with zero attached hydrogens (tertiary/aromatic N) is 4. The predicted octanol–water partition coefficient (Wildman–Crippen LogP) is 4.74. The van der Waals surface area contributed by atoms with Gasteiger partial charge in [0.05, 0.1) is 13.3 Å². The Hall–Kier alpha value is -2.40. The maximum Gasteiger partial charge on any atom is 0.259 e. The van der Waals surface area contributed by atoms with Crippen molar-refractivity contribution in [3.63, 3.8) is 0 Å². The van der Waals surface area contributed by atoms with Gasteiger partial charge in [0.25, 0.3) is 5.56 Å². The lowest BCUT2D eigenvalue weighted by Crippen LogP contribution is -2.48. The average molecular weight is 393 g/mol. The quantitative estimate of drug-likeness (QED) is 0.705. The number of hydrogen-bond donors (Lipinski definition) is 0. The van der Waals surface area contributed by atoms with Crippen molar-refractivity contribution < 1.29 is 0 Å². The normalized spacial score (nSPS) is 17.2. The summed E-state index contributed by atoms with van der Waals surface area (Å²) in [7, 11) is 0. The molecule has 5 nitrogen and oxygen atoms in total. The molecule has 0 unspecified atom stereocenters. The van der Waals surface area contributed by atoms with Gasteiger partial charge in [-0.2, -0.15) is 0 Å². The summed E-state index contributed by atoms with van der Waals surface area (Å²) >= 11 is 0. The largest absolute Gasteiger partial charge is 0.298 e. The molecule has 0 radical (unpaired) electrons. The Morgan fingerprint density at radius 3 is 2.62 bits per heavy atom. The molecule has 1 aromatic heterocycles. The van der Waals surface area contributed by atoms with Crippen LogP contribution in [0, 0.1) is 27.7 Å². The van der Waals surface area contributed by atoms with Crippen LogP contribution in [0.5, 0.6) is 0 Å². The zero-order valence-electron chi connectivity index (χ0n) is 18.2. The lowest BCUT2D eigenvalue weighted by Gasteiger charge is -2.39. The summed E-state index contributed by atoms with van der Waals surface area (Å²) in [6, 6.07) is 6.49. The molecule has 4 rings (SSSR count). The third-order valence-corrected chi connectivity index (χ3v) is 6.32. The summed E-state index contributed by atoms with van der Waals surface area (Å²) in [6.45, 7) is 10.4. The smallest absolute Gasteiger partial charge is 0.259 e. The molecule has 1 aromatic carbocycles. The molecule has 0 atom stereocenters. The van der Waals surface area contributed by atoms with Crippen molar-refractivity contribution in [3.05, 3.63) is 62.6 Å². The van der Waals surface area contributed by atoms with Crippen LogP contribution in [-0.4, -0.2) is 27.7 Å². The lowest BCUT2D eigenvalue weighted by atomic mass is 9.97. The molecule has 0 fully saturated rings. The van der Waals surface area contributed by atoms with Gasteiger partial charge in [0, 0.05) is 23.5 Å². The van der Waals surface area contributed by atoms with Crippen molar-refractivity contribution in [3.8, 4) is 0 Å². The maximum absolute atomic E-state index is 13.1. The standard InChI is InChI=1S/C24H32N4O/c1-17-10-11-22(18(2)14-17)27-15-26(13-12-21-8-6-5-7-9-21)16-28-23(29)19(3)20(4)25-24(27)28/h8,10-11,14H,5-7,9,12-13,15-16H2,1-4H3. The van der Waals surface area contributed by atoms with E-state index in [0.29, 0.717) is 6.67 Å². The molecule has 5 heteroatoms. The molecule has 0 bridgehead atoms. The van der Waals surface area contributed by atoms with E-state index in [-0.39, 0.29) is 5.56 Å². The zero-order chi connectivity index (χ0) is 20.5. The van der Waals surface area contributed by atoms with Crippen molar-refractivity contribution in [1.82, 2.24) is 14.5 Å². The SMILES string of the molecule is Cc1ccc(N2CN(CCC3=CCCCC3)Cn3c2nc(C)c(C)c3=O)c(C)c1. The fourth-order valence-electron chi connectivity index (χ4n) is 4.45. The van der Waals surface area contributed by atoms with Crippen LogP contribution in [0.2, 0.25) is 0 Å². The number of anilines is 2. The minimum absolute atomic E-state index is 0.0730. The van der Waals surface area contributed by atoms with E-state index in [4.69, 9.17) is 4.98 Å². The van der Waals surface area contributed by atoms with E-state index in [2.05, 4.69) is 47.9 Å². The molecule has 2 heterocycles. The first-order chi connectivity index (χ1) is 13.9. The first-order valence-electron chi connectivity index (χ1n) is 10.8. The van der Waals surface area contributed by atoms with Crippen LogP contribution < -0.4 is 10.5 Å². The lowest BCUT2D eigenvalue weighted by molar-refractivity contribution is 0.199. The number of fused-ring (bicyclic) bond motifs is 1. The fraction of sp³-hybridized carbons (Fsp3) is 0.500. The van der Waals surface area contributed by atoms with Crippen molar-refractivity contribution in [2.45, 2.75) is 66.5 Å². The van der Waals surface area contributed by atoms with Crippen LogP contribution in [0.25, 0.3) is 0 Å². The van der Waals surface area contributed by atoms with E-state index in [0.717, 1.165) is 42.5 Å².